The van der Waals surface area contributed by atoms with Crippen molar-refractivity contribution in [3.05, 3.63) is 135 Å². The number of hydrogen-bond acceptors (Lipinski definition) is 4. The number of nitrogens with one attached hydrogen (secondary N) is 2. The van der Waals surface area contributed by atoms with Gasteiger partial charge < -0.3 is 9.88 Å². The highest BCUT2D eigenvalue weighted by Crippen LogP contribution is 2.35. The highest BCUT2D eigenvalue weighted by molar-refractivity contribution is 9.10. The molecule has 0 aliphatic rings. The Kier molecular flexibility index (Phi) is 7.84. The van der Waals surface area contributed by atoms with E-state index in [4.69, 9.17) is 0 Å². The van der Waals surface area contributed by atoms with Gasteiger partial charge in [0.15, 0.2) is 0 Å². The molecule has 1 heterocycles. The fraction of sp³-hybridized carbons (Fsp3) is 0.0323. The van der Waals surface area contributed by atoms with Gasteiger partial charge in [0.25, 0.3) is 5.69 Å². The molecule has 0 unspecified atom stereocenters. The van der Waals surface area contributed by atoms with Crippen molar-refractivity contribution in [3.63, 3.8) is 0 Å². The summed E-state index contributed by atoms with van der Waals surface area (Å²) in [5, 5.41) is 18.3. The number of aryl methyl sites for hydroxylation is 1. The average molecular weight is 594 g/mol. The number of halogens is 1. The molecule has 5 aromatic rings. The number of hydrogen-bond donors (Lipinski definition) is 2. The number of nitrogens with zero attached hydrogens (tertiary/aromatic N) is 3. The summed E-state index contributed by atoms with van der Waals surface area (Å²) in [7, 11) is 0. The Hall–Kier alpha value is -5.02. The van der Waals surface area contributed by atoms with Crippen LogP contribution in [-0.4, -0.2) is 21.7 Å². The van der Waals surface area contributed by atoms with Crippen LogP contribution in [0.3, 0.4) is 0 Å². The maximum atomic E-state index is 12.5. The quantitative estimate of drug-likeness (QED) is 0.114. The smallest absolute Gasteiger partial charge is 0.309 e. The van der Waals surface area contributed by atoms with Gasteiger partial charge in [-0.25, -0.2) is 10.2 Å². The van der Waals surface area contributed by atoms with Crippen LogP contribution in [0.2, 0.25) is 0 Å². The van der Waals surface area contributed by atoms with Gasteiger partial charge in [0.05, 0.1) is 22.5 Å². The lowest BCUT2D eigenvalue weighted by atomic mass is 10.1. The molecule has 2 N–H and O–H groups in total. The zero-order valence-electron chi connectivity index (χ0n) is 21.4. The number of nitro groups is 1. The lowest BCUT2D eigenvalue weighted by molar-refractivity contribution is -0.384. The van der Waals surface area contributed by atoms with Crippen molar-refractivity contribution in [3.8, 4) is 28.2 Å². The lowest BCUT2D eigenvalue weighted by Gasteiger charge is -2.15. The minimum Gasteiger partial charge on any atom is -0.309 e. The maximum Gasteiger partial charge on any atom is 0.339 e. The number of nitro benzene ring substituents is 1. The summed E-state index contributed by atoms with van der Waals surface area (Å²) in [6.45, 7) is 1.94. The van der Waals surface area contributed by atoms with E-state index in [1.54, 1.807) is 24.4 Å². The Bertz CT molecular complexity index is 1700. The number of rotatable bonds is 7. The molecule has 1 aromatic heterocycles. The molecule has 5 rings (SSSR count). The predicted molar refractivity (Wildman–Crippen MR) is 162 cm³/mol. The summed E-state index contributed by atoms with van der Waals surface area (Å²) in [5.41, 5.74) is 9.26. The summed E-state index contributed by atoms with van der Waals surface area (Å²) in [4.78, 5) is 23.4. The number of benzene rings is 4. The van der Waals surface area contributed by atoms with Crippen LogP contribution in [0, 0.1) is 17.0 Å². The van der Waals surface area contributed by atoms with Crippen LogP contribution in [0.15, 0.2) is 119 Å². The number of aromatic nitrogens is 1. The second-order valence-corrected chi connectivity index (χ2v) is 9.82. The molecular formula is C31H24BrN5O3. The van der Waals surface area contributed by atoms with E-state index in [0.717, 1.165) is 43.8 Å². The van der Waals surface area contributed by atoms with Gasteiger partial charge in [-0.05, 0) is 60.0 Å². The number of urea groups is 1. The first-order chi connectivity index (χ1) is 19.4. The molecule has 0 bridgehead atoms. The van der Waals surface area contributed by atoms with Crippen molar-refractivity contribution in [2.75, 3.05) is 5.32 Å². The van der Waals surface area contributed by atoms with Crippen molar-refractivity contribution in [2.45, 2.75) is 6.92 Å². The van der Waals surface area contributed by atoms with Crippen LogP contribution in [0.5, 0.6) is 0 Å². The van der Waals surface area contributed by atoms with Crippen molar-refractivity contribution in [2.24, 2.45) is 5.10 Å². The minimum atomic E-state index is -0.475. The highest BCUT2D eigenvalue weighted by Gasteiger charge is 2.19. The fourth-order valence-corrected chi connectivity index (χ4v) is 4.62. The average Bonchev–Trinajstić information content (AvgIpc) is 3.35. The number of non-ortho nitro benzene ring substituents is 1. The van der Waals surface area contributed by atoms with Gasteiger partial charge in [-0.2, -0.15) is 5.10 Å². The molecule has 0 aliphatic heterocycles. The van der Waals surface area contributed by atoms with Gasteiger partial charge in [0, 0.05) is 33.5 Å². The van der Waals surface area contributed by atoms with Crippen molar-refractivity contribution >= 4 is 39.6 Å². The molecular weight excluding hydrogens is 570 g/mol. The van der Waals surface area contributed by atoms with Crippen LogP contribution in [0.1, 0.15) is 11.1 Å². The highest BCUT2D eigenvalue weighted by atomic mass is 79.9. The Morgan fingerprint density at radius 2 is 1.55 bits per heavy atom. The van der Waals surface area contributed by atoms with E-state index in [-0.39, 0.29) is 5.69 Å². The molecule has 0 spiro atoms. The van der Waals surface area contributed by atoms with E-state index < -0.39 is 11.0 Å². The topological polar surface area (TPSA) is 102 Å². The first-order valence-electron chi connectivity index (χ1n) is 12.4. The van der Waals surface area contributed by atoms with Crippen LogP contribution < -0.4 is 10.7 Å². The summed E-state index contributed by atoms with van der Waals surface area (Å²) in [6.07, 6.45) is 1.60. The molecule has 8 nitrogen and oxygen atoms in total. The maximum absolute atomic E-state index is 12.5. The Balaban J connectivity index is 1.56. The fourth-order valence-electron chi connectivity index (χ4n) is 4.37. The normalized spacial score (nSPS) is 10.9. The minimum absolute atomic E-state index is 0.0106. The van der Waals surface area contributed by atoms with E-state index in [2.05, 4.69) is 31.8 Å². The second kappa shape index (κ2) is 11.8. The molecule has 0 atom stereocenters. The van der Waals surface area contributed by atoms with E-state index >= 15 is 0 Å². The van der Waals surface area contributed by atoms with Gasteiger partial charge in [-0.1, -0.05) is 76.6 Å². The van der Waals surface area contributed by atoms with Crippen LogP contribution in [-0.2, 0) is 0 Å². The van der Waals surface area contributed by atoms with Crippen molar-refractivity contribution in [1.29, 1.82) is 0 Å². The molecule has 2 amide bonds. The zero-order chi connectivity index (χ0) is 28.1. The van der Waals surface area contributed by atoms with Gasteiger partial charge in [-0.3, -0.25) is 10.1 Å². The van der Waals surface area contributed by atoms with Crippen molar-refractivity contribution in [1.82, 2.24) is 9.99 Å². The third-order valence-electron chi connectivity index (χ3n) is 6.25. The van der Waals surface area contributed by atoms with Crippen LogP contribution in [0.4, 0.5) is 16.2 Å². The third-order valence-corrected chi connectivity index (χ3v) is 7.14. The van der Waals surface area contributed by atoms with Gasteiger partial charge >= 0.3 is 6.03 Å². The summed E-state index contributed by atoms with van der Waals surface area (Å²) >= 11 is 3.46. The molecule has 0 aliphatic carbocycles. The molecule has 0 radical (unpaired) electrons. The molecule has 198 valence electrons. The molecule has 0 saturated heterocycles. The van der Waals surface area contributed by atoms with E-state index in [0.29, 0.717) is 5.69 Å². The monoisotopic (exact) mass is 593 g/mol. The summed E-state index contributed by atoms with van der Waals surface area (Å²) < 4.78 is 3.00. The molecule has 40 heavy (non-hydrogen) atoms. The molecule has 0 fully saturated rings. The molecule has 0 saturated carbocycles. The Morgan fingerprint density at radius 3 is 2.17 bits per heavy atom. The van der Waals surface area contributed by atoms with Crippen LogP contribution >= 0.6 is 15.9 Å². The largest absolute Gasteiger partial charge is 0.339 e. The lowest BCUT2D eigenvalue weighted by Crippen LogP contribution is -2.24. The summed E-state index contributed by atoms with van der Waals surface area (Å²) in [6, 6.07) is 33.1. The van der Waals surface area contributed by atoms with E-state index in [1.165, 1.54) is 12.1 Å². The van der Waals surface area contributed by atoms with Gasteiger partial charge in [-0.15, -0.1) is 0 Å². The van der Waals surface area contributed by atoms with Gasteiger partial charge in [0.1, 0.15) is 0 Å². The van der Waals surface area contributed by atoms with E-state index in [1.807, 2.05) is 90.4 Å². The number of carbonyl (C=O) groups excluding carboxylic acids is 1. The van der Waals surface area contributed by atoms with Gasteiger partial charge in [0.2, 0.25) is 0 Å². The Labute approximate surface area is 239 Å². The standard InChI is InChI=1S/C31H24BrN5O3/c1-21-18-25(12-17-28(21)32)34-31(38)35-33-20-24-19-29(22-8-4-2-5-9-22)36(30(24)23-10-6-3-7-11-23)26-13-15-27(16-14-26)37(39)40/h2-20H,1H3,(H2,34,35,38)/b33-20-. The third kappa shape index (κ3) is 5.84. The first kappa shape index (κ1) is 26.6. The predicted octanol–water partition coefficient (Wildman–Crippen LogP) is 7.95. The number of carbonyl (C=O) groups is 1. The second-order valence-electron chi connectivity index (χ2n) is 8.96. The van der Waals surface area contributed by atoms with Crippen LogP contribution in [0.25, 0.3) is 28.2 Å². The number of amides is 2. The number of hydrazone groups is 1. The SMILES string of the molecule is Cc1cc(NC(=O)N/N=C\c2cc(-c3ccccc3)n(-c3ccc([N+](=O)[O-])cc3)c2-c2ccccc2)ccc1Br. The number of anilines is 1. The molecule has 9 heteroatoms. The van der Waals surface area contributed by atoms with Crippen molar-refractivity contribution < 1.29 is 9.72 Å². The molecule has 4 aromatic carbocycles. The summed E-state index contributed by atoms with van der Waals surface area (Å²) in [5.74, 6) is 0. The zero-order valence-corrected chi connectivity index (χ0v) is 23.0. The first-order valence-corrected chi connectivity index (χ1v) is 13.2. The Morgan fingerprint density at radius 1 is 0.900 bits per heavy atom. The van der Waals surface area contributed by atoms with E-state index in [9.17, 15) is 14.9 Å².